The summed E-state index contributed by atoms with van der Waals surface area (Å²) in [5.41, 5.74) is 1.19. The van der Waals surface area contributed by atoms with Gasteiger partial charge in [-0.15, -0.1) is 0 Å². The number of carbonyl (C=O) groups excluding carboxylic acids is 1. The van der Waals surface area contributed by atoms with Crippen molar-refractivity contribution in [2.24, 2.45) is 4.99 Å². The Morgan fingerprint density at radius 1 is 1.27 bits per heavy atom. The summed E-state index contributed by atoms with van der Waals surface area (Å²) in [6, 6.07) is 9.98. The van der Waals surface area contributed by atoms with E-state index in [1.165, 1.54) is 17.3 Å². The standard InChI is InChI=1S/C18H22N2O4S2/c21-17(15-7-4-10-24-15)19-18-20(9-8-13-5-2-1-3-6-13)14-11-26(22,23)12-16(14)25-18/h1-3,5-6,14-16H,4,7-12H2/t14-,15+,16-/m0/s1. The SMILES string of the molecule is O=C(N=C1S[C@H]2CS(=O)(=O)C[C@@H]2N1CCc1ccccc1)[C@H]1CCCO1. The van der Waals surface area contributed by atoms with Crippen molar-refractivity contribution in [1.29, 1.82) is 0 Å². The topological polar surface area (TPSA) is 76.0 Å². The number of nitrogens with zero attached hydrogens (tertiary/aromatic N) is 2. The van der Waals surface area contributed by atoms with Gasteiger partial charge in [-0.25, -0.2) is 8.42 Å². The molecule has 0 radical (unpaired) electrons. The lowest BCUT2D eigenvalue weighted by molar-refractivity contribution is -0.126. The van der Waals surface area contributed by atoms with Crippen molar-refractivity contribution in [1.82, 2.24) is 4.90 Å². The Bertz CT molecular complexity index is 804. The number of benzene rings is 1. The number of amidine groups is 1. The highest BCUT2D eigenvalue weighted by molar-refractivity contribution is 8.15. The van der Waals surface area contributed by atoms with Crippen LogP contribution in [0.5, 0.6) is 0 Å². The van der Waals surface area contributed by atoms with Crippen LogP contribution in [0, 0.1) is 0 Å². The first-order valence-corrected chi connectivity index (χ1v) is 11.6. The fourth-order valence-electron chi connectivity index (χ4n) is 3.73. The Labute approximate surface area is 157 Å². The van der Waals surface area contributed by atoms with Gasteiger partial charge in [0, 0.05) is 18.4 Å². The van der Waals surface area contributed by atoms with Crippen LogP contribution in [0.15, 0.2) is 35.3 Å². The highest BCUT2D eigenvalue weighted by Crippen LogP contribution is 2.38. The molecule has 6 nitrogen and oxygen atoms in total. The molecule has 3 aliphatic rings. The summed E-state index contributed by atoms with van der Waals surface area (Å²) in [4.78, 5) is 18.8. The van der Waals surface area contributed by atoms with Crippen molar-refractivity contribution < 1.29 is 17.9 Å². The molecule has 0 bridgehead atoms. The maximum atomic E-state index is 12.4. The average molecular weight is 395 g/mol. The number of hydrogen-bond donors (Lipinski definition) is 0. The van der Waals surface area contributed by atoms with Crippen LogP contribution in [0.1, 0.15) is 18.4 Å². The lowest BCUT2D eigenvalue weighted by Gasteiger charge is -2.24. The number of amides is 1. The Balaban J connectivity index is 1.53. The van der Waals surface area contributed by atoms with E-state index < -0.39 is 15.9 Å². The second-order valence-electron chi connectivity index (χ2n) is 6.96. The van der Waals surface area contributed by atoms with E-state index in [9.17, 15) is 13.2 Å². The van der Waals surface area contributed by atoms with Gasteiger partial charge < -0.3 is 9.64 Å². The van der Waals surface area contributed by atoms with E-state index >= 15 is 0 Å². The minimum absolute atomic E-state index is 0.0354. The van der Waals surface area contributed by atoms with Crippen molar-refractivity contribution >= 4 is 32.7 Å². The van der Waals surface area contributed by atoms with Gasteiger partial charge >= 0.3 is 0 Å². The van der Waals surface area contributed by atoms with Gasteiger partial charge in [0.05, 0.1) is 17.5 Å². The van der Waals surface area contributed by atoms with Gasteiger partial charge in [0.25, 0.3) is 5.91 Å². The van der Waals surface area contributed by atoms with Gasteiger partial charge in [-0.2, -0.15) is 4.99 Å². The number of aliphatic imine (C=N–C) groups is 1. The third kappa shape index (κ3) is 3.82. The van der Waals surface area contributed by atoms with Gasteiger partial charge in [0.1, 0.15) is 6.10 Å². The second kappa shape index (κ2) is 7.32. The Kier molecular flexibility index (Phi) is 5.07. The monoisotopic (exact) mass is 394 g/mol. The molecule has 4 rings (SSSR count). The molecule has 0 aliphatic carbocycles. The van der Waals surface area contributed by atoms with Crippen molar-refractivity contribution in [2.75, 3.05) is 24.7 Å². The van der Waals surface area contributed by atoms with E-state index in [-0.39, 0.29) is 28.7 Å². The van der Waals surface area contributed by atoms with Crippen LogP contribution in [0.25, 0.3) is 0 Å². The van der Waals surface area contributed by atoms with Crippen LogP contribution in [-0.4, -0.2) is 66.4 Å². The molecule has 8 heteroatoms. The first-order chi connectivity index (χ1) is 12.5. The smallest absolute Gasteiger partial charge is 0.277 e. The quantitative estimate of drug-likeness (QED) is 0.770. The molecule has 140 valence electrons. The molecule has 3 aliphatic heterocycles. The maximum Gasteiger partial charge on any atom is 0.277 e. The molecule has 0 saturated carbocycles. The first kappa shape index (κ1) is 18.0. The fraction of sp³-hybridized carbons (Fsp3) is 0.556. The second-order valence-corrected chi connectivity index (χ2v) is 10.3. The first-order valence-electron chi connectivity index (χ1n) is 8.94. The number of ether oxygens (including phenoxy) is 1. The van der Waals surface area contributed by atoms with Crippen molar-refractivity contribution in [3.8, 4) is 0 Å². The summed E-state index contributed by atoms with van der Waals surface area (Å²) in [6.07, 6.45) is 1.95. The highest BCUT2D eigenvalue weighted by Gasteiger charge is 2.48. The van der Waals surface area contributed by atoms with Crippen LogP contribution in [0.4, 0.5) is 0 Å². The van der Waals surface area contributed by atoms with Crippen LogP contribution >= 0.6 is 11.8 Å². The predicted octanol–water partition coefficient (Wildman–Crippen LogP) is 1.51. The highest BCUT2D eigenvalue weighted by atomic mass is 32.2. The van der Waals surface area contributed by atoms with Gasteiger partial charge in [-0.05, 0) is 24.8 Å². The zero-order chi connectivity index (χ0) is 18.1. The van der Waals surface area contributed by atoms with E-state index in [1.54, 1.807) is 0 Å². The van der Waals surface area contributed by atoms with E-state index in [1.807, 2.05) is 23.1 Å². The molecule has 0 aromatic heterocycles. The van der Waals surface area contributed by atoms with Crippen molar-refractivity contribution in [2.45, 2.75) is 36.7 Å². The number of carbonyl (C=O) groups is 1. The molecule has 3 saturated heterocycles. The fourth-order valence-corrected chi connectivity index (χ4v) is 7.71. The molecule has 1 amide bonds. The number of sulfone groups is 1. The Morgan fingerprint density at radius 3 is 2.81 bits per heavy atom. The maximum absolute atomic E-state index is 12.4. The van der Waals surface area contributed by atoms with Gasteiger partial charge in [-0.1, -0.05) is 42.1 Å². The largest absolute Gasteiger partial charge is 0.368 e. The zero-order valence-corrected chi connectivity index (χ0v) is 16.0. The normalized spacial score (nSPS) is 31.5. The number of rotatable bonds is 4. The van der Waals surface area contributed by atoms with Crippen LogP contribution in [-0.2, 0) is 25.8 Å². The summed E-state index contributed by atoms with van der Waals surface area (Å²) < 4.78 is 29.5. The molecule has 26 heavy (non-hydrogen) atoms. The van der Waals surface area contributed by atoms with E-state index in [4.69, 9.17) is 4.74 Å². The van der Waals surface area contributed by atoms with Gasteiger partial charge in [0.2, 0.25) is 0 Å². The van der Waals surface area contributed by atoms with E-state index in [2.05, 4.69) is 17.1 Å². The summed E-state index contributed by atoms with van der Waals surface area (Å²) >= 11 is 1.43. The summed E-state index contributed by atoms with van der Waals surface area (Å²) in [5, 5.41) is 0.623. The third-order valence-electron chi connectivity index (χ3n) is 5.07. The molecule has 1 aromatic carbocycles. The molecular formula is C18H22N2O4S2. The predicted molar refractivity (Wildman–Crippen MR) is 102 cm³/mol. The van der Waals surface area contributed by atoms with E-state index in [0.29, 0.717) is 24.7 Å². The summed E-state index contributed by atoms with van der Waals surface area (Å²) in [5.74, 6) is 0.0710. The molecule has 0 N–H and O–H groups in total. The minimum Gasteiger partial charge on any atom is -0.368 e. The van der Waals surface area contributed by atoms with Crippen LogP contribution in [0.3, 0.4) is 0 Å². The molecule has 0 unspecified atom stereocenters. The molecule has 3 fully saturated rings. The zero-order valence-electron chi connectivity index (χ0n) is 14.4. The lowest BCUT2D eigenvalue weighted by Crippen LogP contribution is -2.39. The van der Waals surface area contributed by atoms with Crippen molar-refractivity contribution in [3.05, 3.63) is 35.9 Å². The molecule has 3 heterocycles. The average Bonchev–Trinajstić information content (AvgIpc) is 3.29. The molecule has 1 aromatic rings. The number of hydrogen-bond acceptors (Lipinski definition) is 5. The Hall–Kier alpha value is -1.38. The van der Waals surface area contributed by atoms with Crippen molar-refractivity contribution in [3.63, 3.8) is 0 Å². The summed E-state index contributed by atoms with van der Waals surface area (Å²) in [7, 11) is -3.02. The number of thioether (sulfide) groups is 1. The summed E-state index contributed by atoms with van der Waals surface area (Å²) in [6.45, 7) is 1.26. The minimum atomic E-state index is -3.02. The van der Waals surface area contributed by atoms with Gasteiger partial charge in [0.15, 0.2) is 15.0 Å². The molecule has 0 spiro atoms. The van der Waals surface area contributed by atoms with Gasteiger partial charge in [-0.3, -0.25) is 4.79 Å². The van der Waals surface area contributed by atoms with E-state index in [0.717, 1.165) is 12.8 Å². The third-order valence-corrected chi connectivity index (χ3v) is 8.32. The lowest BCUT2D eigenvalue weighted by atomic mass is 10.1. The molecule has 3 atom stereocenters. The van der Waals surface area contributed by atoms with Crippen LogP contribution < -0.4 is 0 Å². The van der Waals surface area contributed by atoms with Crippen LogP contribution in [0.2, 0.25) is 0 Å². The Morgan fingerprint density at radius 2 is 2.08 bits per heavy atom. The number of fused-ring (bicyclic) bond motifs is 1. The molecular weight excluding hydrogens is 372 g/mol.